The highest BCUT2D eigenvalue weighted by atomic mass is 16.3. The van der Waals surface area contributed by atoms with Crippen molar-refractivity contribution in [3.63, 3.8) is 0 Å². The molecule has 2 heteroatoms. The van der Waals surface area contributed by atoms with Crippen molar-refractivity contribution in [1.82, 2.24) is 4.90 Å². The van der Waals surface area contributed by atoms with E-state index in [4.69, 9.17) is 5.11 Å². The summed E-state index contributed by atoms with van der Waals surface area (Å²) in [7, 11) is 2.10. The summed E-state index contributed by atoms with van der Waals surface area (Å²) in [6, 6.07) is 8.92. The Balaban J connectivity index is 2.50. The number of hydrogen-bond donors (Lipinski definition) is 1. The van der Waals surface area contributed by atoms with E-state index in [9.17, 15) is 0 Å². The summed E-state index contributed by atoms with van der Waals surface area (Å²) in [5.41, 5.74) is 2.77. The number of aliphatic hydroxyl groups is 1. The van der Waals surface area contributed by atoms with Crippen molar-refractivity contribution >= 4 is 0 Å². The van der Waals surface area contributed by atoms with Crippen molar-refractivity contribution in [3.8, 4) is 0 Å². The van der Waals surface area contributed by atoms with E-state index in [0.29, 0.717) is 5.92 Å². The first kappa shape index (κ1) is 14.2. The fourth-order valence-corrected chi connectivity index (χ4v) is 1.92. The Morgan fingerprint density at radius 1 is 1.24 bits per heavy atom. The fraction of sp³-hybridized carbons (Fsp3) is 0.600. The molecule has 0 aliphatic rings. The number of nitrogens with zero attached hydrogens (tertiary/aromatic N) is 1. The molecule has 0 aromatic heterocycles. The third kappa shape index (κ3) is 4.88. The van der Waals surface area contributed by atoms with Crippen molar-refractivity contribution in [1.29, 1.82) is 0 Å². The molecule has 0 aliphatic heterocycles. The van der Waals surface area contributed by atoms with Gasteiger partial charge >= 0.3 is 0 Å². The van der Waals surface area contributed by atoms with E-state index < -0.39 is 0 Å². The maximum absolute atomic E-state index is 8.78. The van der Waals surface area contributed by atoms with Crippen LogP contribution in [0.1, 0.15) is 43.7 Å². The third-order valence-corrected chi connectivity index (χ3v) is 3.31. The van der Waals surface area contributed by atoms with E-state index in [1.807, 2.05) is 0 Å². The molecule has 1 unspecified atom stereocenters. The summed E-state index contributed by atoms with van der Waals surface area (Å²) < 4.78 is 0. The second-order valence-electron chi connectivity index (χ2n) is 4.87. The van der Waals surface area contributed by atoms with Gasteiger partial charge in [0.05, 0.1) is 0 Å². The molecule has 1 aromatic carbocycles. The van der Waals surface area contributed by atoms with Gasteiger partial charge in [0.2, 0.25) is 0 Å². The molecule has 0 fully saturated rings. The molecule has 1 N–H and O–H groups in total. The Bertz CT molecular complexity index is 307. The lowest BCUT2D eigenvalue weighted by molar-refractivity contribution is 0.244. The normalized spacial score (nSPS) is 13.0. The van der Waals surface area contributed by atoms with Crippen LogP contribution in [0.5, 0.6) is 0 Å². The van der Waals surface area contributed by atoms with Crippen LogP contribution in [0.15, 0.2) is 24.3 Å². The summed E-state index contributed by atoms with van der Waals surface area (Å²) in [5.74, 6) is 0.649. The minimum atomic E-state index is 0.275. The van der Waals surface area contributed by atoms with Crippen LogP contribution in [-0.4, -0.2) is 30.2 Å². The van der Waals surface area contributed by atoms with Crippen molar-refractivity contribution in [3.05, 3.63) is 35.4 Å². The molecule has 0 bridgehead atoms. The summed E-state index contributed by atoms with van der Waals surface area (Å²) in [4.78, 5) is 2.24. The van der Waals surface area contributed by atoms with Gasteiger partial charge in [-0.15, -0.1) is 0 Å². The second kappa shape index (κ2) is 7.46. The molecule has 0 radical (unpaired) electrons. The van der Waals surface area contributed by atoms with Crippen molar-refractivity contribution in [2.45, 2.75) is 39.2 Å². The quantitative estimate of drug-likeness (QED) is 0.785. The van der Waals surface area contributed by atoms with Gasteiger partial charge in [0, 0.05) is 19.7 Å². The Morgan fingerprint density at radius 3 is 2.41 bits per heavy atom. The molecule has 1 rings (SSSR count). The highest BCUT2D eigenvalue weighted by molar-refractivity contribution is 5.24. The molecule has 2 nitrogen and oxygen atoms in total. The standard InChI is InChI=1S/C15H25NO/c1-4-13(2)15-8-6-14(7-9-15)12-16(3)10-5-11-17/h6-9,13,17H,4-5,10-12H2,1-3H3. The summed E-state index contributed by atoms with van der Waals surface area (Å²) in [5, 5.41) is 8.78. The largest absolute Gasteiger partial charge is 0.396 e. The Morgan fingerprint density at radius 2 is 1.88 bits per heavy atom. The SMILES string of the molecule is CCC(C)c1ccc(CN(C)CCCO)cc1. The van der Waals surface area contributed by atoms with Gasteiger partial charge in [-0.05, 0) is 36.9 Å². The molecule has 1 atom stereocenters. The van der Waals surface area contributed by atoms with Crippen LogP contribution in [0.4, 0.5) is 0 Å². The van der Waals surface area contributed by atoms with Gasteiger partial charge in [-0.3, -0.25) is 0 Å². The molecule has 0 spiro atoms. The number of benzene rings is 1. The first-order chi connectivity index (χ1) is 8.17. The van der Waals surface area contributed by atoms with Gasteiger partial charge in [-0.25, -0.2) is 0 Å². The lowest BCUT2D eigenvalue weighted by Gasteiger charge is -2.16. The predicted octanol–water partition coefficient (Wildman–Crippen LogP) is 3.01. The van der Waals surface area contributed by atoms with Crippen molar-refractivity contribution in [2.24, 2.45) is 0 Å². The lowest BCUT2D eigenvalue weighted by atomic mass is 9.97. The van der Waals surface area contributed by atoms with Crippen LogP contribution in [0, 0.1) is 0 Å². The minimum absolute atomic E-state index is 0.275. The van der Waals surface area contributed by atoms with Crippen molar-refractivity contribution < 1.29 is 5.11 Å². The molecule has 0 saturated heterocycles. The molecule has 0 aliphatic carbocycles. The maximum atomic E-state index is 8.78. The van der Waals surface area contributed by atoms with E-state index in [-0.39, 0.29) is 6.61 Å². The van der Waals surface area contributed by atoms with E-state index in [1.54, 1.807) is 0 Å². The van der Waals surface area contributed by atoms with Crippen LogP contribution in [0.2, 0.25) is 0 Å². The van der Waals surface area contributed by atoms with Gasteiger partial charge in [-0.2, -0.15) is 0 Å². The average Bonchev–Trinajstić information content (AvgIpc) is 2.36. The zero-order chi connectivity index (χ0) is 12.7. The van der Waals surface area contributed by atoms with E-state index in [1.165, 1.54) is 17.5 Å². The Labute approximate surface area is 105 Å². The molecule has 0 amide bonds. The molecular weight excluding hydrogens is 210 g/mol. The molecule has 17 heavy (non-hydrogen) atoms. The number of rotatable bonds is 7. The number of hydrogen-bond acceptors (Lipinski definition) is 2. The lowest BCUT2D eigenvalue weighted by Crippen LogP contribution is -2.19. The van der Waals surface area contributed by atoms with Gasteiger partial charge < -0.3 is 10.0 Å². The topological polar surface area (TPSA) is 23.5 Å². The van der Waals surface area contributed by atoms with E-state index in [0.717, 1.165) is 19.5 Å². The Kier molecular flexibility index (Phi) is 6.23. The Hall–Kier alpha value is -0.860. The molecule has 0 saturated carbocycles. The van der Waals surface area contributed by atoms with Gasteiger partial charge in [-0.1, -0.05) is 38.1 Å². The summed E-state index contributed by atoms with van der Waals surface area (Å²) in [6.45, 7) is 6.67. The van der Waals surface area contributed by atoms with Gasteiger partial charge in [0.15, 0.2) is 0 Å². The zero-order valence-corrected chi connectivity index (χ0v) is 11.3. The third-order valence-electron chi connectivity index (χ3n) is 3.31. The van der Waals surface area contributed by atoms with Gasteiger partial charge in [0.25, 0.3) is 0 Å². The van der Waals surface area contributed by atoms with Crippen LogP contribution in [-0.2, 0) is 6.54 Å². The van der Waals surface area contributed by atoms with E-state index in [2.05, 4.69) is 50.1 Å². The first-order valence-electron chi connectivity index (χ1n) is 6.55. The summed E-state index contributed by atoms with van der Waals surface area (Å²) >= 11 is 0. The van der Waals surface area contributed by atoms with Crippen LogP contribution in [0.3, 0.4) is 0 Å². The molecule has 0 heterocycles. The fourth-order valence-electron chi connectivity index (χ4n) is 1.92. The van der Waals surface area contributed by atoms with E-state index >= 15 is 0 Å². The minimum Gasteiger partial charge on any atom is -0.396 e. The highest BCUT2D eigenvalue weighted by Crippen LogP contribution is 2.19. The average molecular weight is 235 g/mol. The number of aliphatic hydroxyl groups excluding tert-OH is 1. The molecular formula is C15H25NO. The highest BCUT2D eigenvalue weighted by Gasteiger charge is 2.03. The van der Waals surface area contributed by atoms with Crippen molar-refractivity contribution in [2.75, 3.05) is 20.2 Å². The first-order valence-corrected chi connectivity index (χ1v) is 6.55. The summed E-state index contributed by atoms with van der Waals surface area (Å²) in [6.07, 6.45) is 2.04. The predicted molar refractivity (Wildman–Crippen MR) is 73.2 cm³/mol. The van der Waals surface area contributed by atoms with Crippen LogP contribution >= 0.6 is 0 Å². The van der Waals surface area contributed by atoms with Crippen LogP contribution in [0.25, 0.3) is 0 Å². The molecule has 96 valence electrons. The smallest absolute Gasteiger partial charge is 0.0443 e. The maximum Gasteiger partial charge on any atom is 0.0443 e. The monoisotopic (exact) mass is 235 g/mol. The van der Waals surface area contributed by atoms with Gasteiger partial charge in [0.1, 0.15) is 0 Å². The molecule has 1 aromatic rings. The van der Waals surface area contributed by atoms with Crippen LogP contribution < -0.4 is 0 Å². The zero-order valence-electron chi connectivity index (χ0n) is 11.3. The second-order valence-corrected chi connectivity index (χ2v) is 4.87.